The summed E-state index contributed by atoms with van der Waals surface area (Å²) in [6.07, 6.45) is 1.20. The summed E-state index contributed by atoms with van der Waals surface area (Å²) in [7, 11) is 1.50. The van der Waals surface area contributed by atoms with E-state index >= 15 is 0 Å². The van der Waals surface area contributed by atoms with Gasteiger partial charge in [0.2, 0.25) is 17.6 Å². The Bertz CT molecular complexity index is 987. The largest absolute Gasteiger partial charge is 0.493 e. The van der Waals surface area contributed by atoms with Crippen LogP contribution in [0.25, 0.3) is 11.4 Å². The Balaban J connectivity index is 1.48. The minimum absolute atomic E-state index is 0.0820. The van der Waals surface area contributed by atoms with Crippen LogP contribution in [0.5, 0.6) is 11.5 Å². The molecule has 3 rings (SSSR count). The molecule has 0 saturated carbocycles. The Kier molecular flexibility index (Phi) is 7.39. The van der Waals surface area contributed by atoms with E-state index in [-0.39, 0.29) is 18.7 Å². The number of nitrogens with one attached hydrogen (secondary N) is 2. The molecular formula is C20H22N4O5S. The van der Waals surface area contributed by atoms with E-state index in [0.717, 1.165) is 12.0 Å². The third-order valence-electron chi connectivity index (χ3n) is 4.02. The molecule has 0 bridgehead atoms. The SMILES string of the molecule is CCCOc1ccc(C(=O)NNC(=O)CCc2nc(-c3ccsc3)no2)cc1OC. The van der Waals surface area contributed by atoms with Crippen molar-refractivity contribution >= 4 is 23.2 Å². The third kappa shape index (κ3) is 5.57. The summed E-state index contributed by atoms with van der Waals surface area (Å²) in [5.41, 5.74) is 5.95. The van der Waals surface area contributed by atoms with Crippen LogP contribution in [0.2, 0.25) is 0 Å². The number of nitrogens with zero attached hydrogens (tertiary/aromatic N) is 2. The monoisotopic (exact) mass is 430 g/mol. The summed E-state index contributed by atoms with van der Waals surface area (Å²) in [6, 6.07) is 6.70. The summed E-state index contributed by atoms with van der Waals surface area (Å²) in [5.74, 6) is 0.988. The molecule has 0 aliphatic heterocycles. The van der Waals surface area contributed by atoms with Gasteiger partial charge in [0.15, 0.2) is 11.5 Å². The highest BCUT2D eigenvalue weighted by Gasteiger charge is 2.14. The molecule has 158 valence electrons. The number of thiophene rings is 1. The Morgan fingerprint density at radius 2 is 2.07 bits per heavy atom. The minimum atomic E-state index is -0.471. The fourth-order valence-corrected chi connectivity index (χ4v) is 3.12. The van der Waals surface area contributed by atoms with Crippen molar-refractivity contribution in [3.63, 3.8) is 0 Å². The van der Waals surface area contributed by atoms with Crippen molar-refractivity contribution in [2.45, 2.75) is 26.2 Å². The zero-order chi connectivity index (χ0) is 21.3. The lowest BCUT2D eigenvalue weighted by molar-refractivity contribution is -0.121. The molecule has 0 fully saturated rings. The minimum Gasteiger partial charge on any atom is -0.493 e. The number of aromatic nitrogens is 2. The number of carbonyl (C=O) groups is 2. The van der Waals surface area contributed by atoms with Crippen molar-refractivity contribution in [2.24, 2.45) is 0 Å². The first-order valence-electron chi connectivity index (χ1n) is 9.36. The van der Waals surface area contributed by atoms with Gasteiger partial charge in [0, 0.05) is 29.3 Å². The van der Waals surface area contributed by atoms with Crippen LogP contribution in [0.4, 0.5) is 0 Å². The summed E-state index contributed by atoms with van der Waals surface area (Å²) in [6.45, 7) is 2.55. The molecule has 0 saturated heterocycles. The summed E-state index contributed by atoms with van der Waals surface area (Å²) >= 11 is 1.53. The number of benzene rings is 1. The van der Waals surface area contributed by atoms with Gasteiger partial charge in [-0.2, -0.15) is 16.3 Å². The van der Waals surface area contributed by atoms with Gasteiger partial charge >= 0.3 is 0 Å². The number of ether oxygens (including phenoxy) is 2. The molecule has 2 amide bonds. The van der Waals surface area contributed by atoms with Crippen molar-refractivity contribution in [1.82, 2.24) is 21.0 Å². The lowest BCUT2D eigenvalue weighted by atomic mass is 10.2. The molecule has 2 N–H and O–H groups in total. The molecule has 0 aliphatic rings. The van der Waals surface area contributed by atoms with E-state index in [0.29, 0.717) is 35.4 Å². The molecule has 9 nitrogen and oxygen atoms in total. The topological polar surface area (TPSA) is 116 Å². The highest BCUT2D eigenvalue weighted by atomic mass is 32.1. The maximum absolute atomic E-state index is 12.3. The first kappa shape index (κ1) is 21.3. The van der Waals surface area contributed by atoms with Gasteiger partial charge in [-0.05, 0) is 36.1 Å². The average molecular weight is 430 g/mol. The quantitative estimate of drug-likeness (QED) is 0.501. The highest BCUT2D eigenvalue weighted by Crippen LogP contribution is 2.28. The number of hydrogen-bond donors (Lipinski definition) is 2. The predicted octanol–water partition coefficient (Wildman–Crippen LogP) is 2.99. The van der Waals surface area contributed by atoms with E-state index < -0.39 is 5.91 Å². The van der Waals surface area contributed by atoms with Crippen LogP contribution in [0.3, 0.4) is 0 Å². The van der Waals surface area contributed by atoms with E-state index in [1.54, 1.807) is 18.2 Å². The van der Waals surface area contributed by atoms with E-state index in [4.69, 9.17) is 14.0 Å². The van der Waals surface area contributed by atoms with Gasteiger partial charge in [0.1, 0.15) is 0 Å². The summed E-state index contributed by atoms with van der Waals surface area (Å²) in [5, 5.41) is 7.72. The summed E-state index contributed by atoms with van der Waals surface area (Å²) < 4.78 is 16.0. The van der Waals surface area contributed by atoms with Crippen molar-refractivity contribution in [1.29, 1.82) is 0 Å². The average Bonchev–Trinajstić information content (AvgIpc) is 3.46. The van der Waals surface area contributed by atoms with Gasteiger partial charge in [-0.25, -0.2) is 0 Å². The number of methoxy groups -OCH3 is 1. The van der Waals surface area contributed by atoms with Crippen LogP contribution in [0.1, 0.15) is 36.0 Å². The predicted molar refractivity (Wildman–Crippen MR) is 110 cm³/mol. The highest BCUT2D eigenvalue weighted by molar-refractivity contribution is 7.08. The second kappa shape index (κ2) is 10.4. The first-order chi connectivity index (χ1) is 14.6. The Morgan fingerprint density at radius 1 is 1.20 bits per heavy atom. The standard InChI is InChI=1S/C20H22N4O5S/c1-3-9-28-15-5-4-13(11-16(15)27-2)20(26)23-22-17(25)6-7-18-21-19(24-29-18)14-8-10-30-12-14/h4-5,8,10-12H,3,6-7,9H2,1-2H3,(H,22,25)(H,23,26). The van der Waals surface area contributed by atoms with E-state index in [2.05, 4.69) is 21.0 Å². The number of aryl methyl sites for hydroxylation is 1. The van der Waals surface area contributed by atoms with Crippen LogP contribution in [0, 0.1) is 0 Å². The maximum Gasteiger partial charge on any atom is 0.269 e. The van der Waals surface area contributed by atoms with Gasteiger partial charge in [-0.3, -0.25) is 20.4 Å². The van der Waals surface area contributed by atoms with Crippen LogP contribution in [-0.2, 0) is 11.2 Å². The maximum atomic E-state index is 12.3. The molecule has 3 aromatic rings. The fourth-order valence-electron chi connectivity index (χ4n) is 2.49. The molecule has 0 unspecified atom stereocenters. The molecule has 0 spiro atoms. The summed E-state index contributed by atoms with van der Waals surface area (Å²) in [4.78, 5) is 28.6. The zero-order valence-corrected chi connectivity index (χ0v) is 17.5. The molecule has 1 aromatic carbocycles. The van der Waals surface area contributed by atoms with Gasteiger partial charge in [0.05, 0.1) is 13.7 Å². The lowest BCUT2D eigenvalue weighted by Crippen LogP contribution is -2.41. The first-order valence-corrected chi connectivity index (χ1v) is 10.3. The van der Waals surface area contributed by atoms with E-state index in [1.807, 2.05) is 23.8 Å². The second-order valence-corrected chi connectivity index (χ2v) is 7.02. The van der Waals surface area contributed by atoms with Crippen molar-refractivity contribution < 1.29 is 23.6 Å². The van der Waals surface area contributed by atoms with E-state index in [1.165, 1.54) is 18.4 Å². The van der Waals surface area contributed by atoms with Gasteiger partial charge in [0.25, 0.3) is 5.91 Å². The number of hydrazine groups is 1. The molecule has 0 atom stereocenters. The van der Waals surface area contributed by atoms with Crippen LogP contribution < -0.4 is 20.3 Å². The smallest absolute Gasteiger partial charge is 0.269 e. The molecule has 30 heavy (non-hydrogen) atoms. The fraction of sp³-hybridized carbons (Fsp3) is 0.300. The van der Waals surface area contributed by atoms with Crippen molar-refractivity contribution in [3.8, 4) is 22.9 Å². The molecule has 2 heterocycles. The number of carbonyl (C=O) groups excluding carboxylic acids is 2. The zero-order valence-electron chi connectivity index (χ0n) is 16.6. The number of amides is 2. The van der Waals surface area contributed by atoms with Gasteiger partial charge < -0.3 is 14.0 Å². The molecule has 0 aliphatic carbocycles. The van der Waals surface area contributed by atoms with Crippen LogP contribution in [0.15, 0.2) is 39.5 Å². The van der Waals surface area contributed by atoms with Crippen LogP contribution in [-0.4, -0.2) is 35.7 Å². The number of hydrogen-bond acceptors (Lipinski definition) is 8. The lowest BCUT2D eigenvalue weighted by Gasteiger charge is -2.12. The Labute approximate surface area is 177 Å². The normalized spacial score (nSPS) is 10.5. The van der Waals surface area contributed by atoms with Crippen molar-refractivity contribution in [3.05, 3.63) is 46.5 Å². The molecular weight excluding hydrogens is 408 g/mol. The van der Waals surface area contributed by atoms with Gasteiger partial charge in [-0.1, -0.05) is 12.1 Å². The van der Waals surface area contributed by atoms with Gasteiger partial charge in [-0.15, -0.1) is 0 Å². The second-order valence-electron chi connectivity index (χ2n) is 6.24. The van der Waals surface area contributed by atoms with E-state index in [9.17, 15) is 9.59 Å². The molecule has 2 aromatic heterocycles. The molecule has 10 heteroatoms. The Hall–Kier alpha value is -3.40. The van der Waals surface area contributed by atoms with Crippen LogP contribution >= 0.6 is 11.3 Å². The number of rotatable bonds is 9. The third-order valence-corrected chi connectivity index (χ3v) is 4.70. The van der Waals surface area contributed by atoms with Crippen molar-refractivity contribution in [2.75, 3.05) is 13.7 Å². The Morgan fingerprint density at radius 3 is 2.80 bits per heavy atom. The molecule has 0 radical (unpaired) electrons.